The van der Waals surface area contributed by atoms with Crippen LogP contribution in [0.5, 0.6) is 0 Å². The molecular formula is C17H23N3OS. The Labute approximate surface area is 136 Å². The van der Waals surface area contributed by atoms with Crippen LogP contribution in [0.1, 0.15) is 29.4 Å². The van der Waals surface area contributed by atoms with Gasteiger partial charge in [-0.1, -0.05) is 11.8 Å². The first-order valence-electron chi connectivity index (χ1n) is 7.34. The molecule has 0 spiro atoms. The summed E-state index contributed by atoms with van der Waals surface area (Å²) in [4.78, 5) is 8.80. The zero-order valence-electron chi connectivity index (χ0n) is 13.6. The van der Waals surface area contributed by atoms with E-state index >= 15 is 0 Å². The maximum absolute atomic E-state index is 9.63. The predicted octanol–water partition coefficient (Wildman–Crippen LogP) is 2.51. The normalized spacial score (nSPS) is 11.5. The Balaban J connectivity index is 1.87. The molecule has 4 nitrogen and oxygen atoms in total. The Hall–Kier alpha value is -1.61. The van der Waals surface area contributed by atoms with Gasteiger partial charge in [-0.2, -0.15) is 0 Å². The third-order valence-electron chi connectivity index (χ3n) is 3.23. The second kappa shape index (κ2) is 7.10. The average Bonchev–Trinajstić information content (AvgIpc) is 3.02. The van der Waals surface area contributed by atoms with E-state index in [2.05, 4.69) is 39.4 Å². The monoisotopic (exact) mass is 317 g/mol. The molecule has 0 aliphatic heterocycles. The lowest BCUT2D eigenvalue weighted by atomic mass is 10.1. The van der Waals surface area contributed by atoms with Crippen molar-refractivity contribution in [2.75, 3.05) is 13.6 Å². The molecule has 0 amide bonds. The third kappa shape index (κ3) is 5.30. The highest BCUT2D eigenvalue weighted by atomic mass is 32.1. The number of hydrogen-bond donors (Lipinski definition) is 1. The number of imidazole rings is 1. The molecule has 2 heterocycles. The van der Waals surface area contributed by atoms with Crippen molar-refractivity contribution in [1.82, 2.24) is 14.5 Å². The molecule has 0 aliphatic rings. The lowest BCUT2D eigenvalue weighted by molar-refractivity contribution is 0.143. The van der Waals surface area contributed by atoms with E-state index in [0.29, 0.717) is 0 Å². The number of thiophene rings is 1. The van der Waals surface area contributed by atoms with Gasteiger partial charge in [-0.15, -0.1) is 11.3 Å². The number of aryl methyl sites for hydroxylation is 1. The highest BCUT2D eigenvalue weighted by Crippen LogP contribution is 2.17. The van der Waals surface area contributed by atoms with Gasteiger partial charge in [-0.3, -0.25) is 4.90 Å². The summed E-state index contributed by atoms with van der Waals surface area (Å²) in [7, 11) is 2.12. The quantitative estimate of drug-likeness (QED) is 0.862. The van der Waals surface area contributed by atoms with E-state index in [1.165, 1.54) is 4.88 Å². The molecule has 118 valence electrons. The van der Waals surface area contributed by atoms with Gasteiger partial charge in [-0.25, -0.2) is 4.98 Å². The van der Waals surface area contributed by atoms with E-state index < -0.39 is 5.60 Å². The van der Waals surface area contributed by atoms with Gasteiger partial charge < -0.3 is 9.67 Å². The Morgan fingerprint density at radius 1 is 1.41 bits per heavy atom. The minimum atomic E-state index is -0.941. The summed E-state index contributed by atoms with van der Waals surface area (Å²) >= 11 is 1.68. The van der Waals surface area contributed by atoms with Crippen molar-refractivity contribution in [3.8, 4) is 11.8 Å². The molecule has 0 aliphatic carbocycles. The minimum absolute atomic E-state index is 0.905. The van der Waals surface area contributed by atoms with Crippen LogP contribution in [0.15, 0.2) is 24.5 Å². The van der Waals surface area contributed by atoms with Gasteiger partial charge in [0.15, 0.2) is 0 Å². The number of aromatic nitrogens is 2. The van der Waals surface area contributed by atoms with Gasteiger partial charge in [0.2, 0.25) is 0 Å². The summed E-state index contributed by atoms with van der Waals surface area (Å²) in [5.41, 5.74) is -0.941. The van der Waals surface area contributed by atoms with Gasteiger partial charge in [0, 0.05) is 36.9 Å². The first-order valence-corrected chi connectivity index (χ1v) is 8.16. The molecule has 0 radical (unpaired) electrons. The van der Waals surface area contributed by atoms with E-state index in [-0.39, 0.29) is 0 Å². The zero-order chi connectivity index (χ0) is 16.2. The summed E-state index contributed by atoms with van der Waals surface area (Å²) in [5.74, 6) is 6.92. The Morgan fingerprint density at radius 2 is 2.18 bits per heavy atom. The second-order valence-electron chi connectivity index (χ2n) is 5.98. The van der Waals surface area contributed by atoms with Crippen LogP contribution in [0.3, 0.4) is 0 Å². The first-order chi connectivity index (χ1) is 10.3. The number of hydrogen-bond acceptors (Lipinski definition) is 4. The number of rotatable bonds is 5. The summed E-state index contributed by atoms with van der Waals surface area (Å²) in [6, 6.07) is 4.13. The fourth-order valence-electron chi connectivity index (χ4n) is 2.01. The van der Waals surface area contributed by atoms with E-state index in [4.69, 9.17) is 0 Å². The van der Waals surface area contributed by atoms with Crippen molar-refractivity contribution in [2.24, 2.45) is 0 Å². The molecule has 0 unspecified atom stereocenters. The Morgan fingerprint density at radius 3 is 2.82 bits per heavy atom. The fourth-order valence-corrected chi connectivity index (χ4v) is 2.95. The maximum Gasteiger partial charge on any atom is 0.120 e. The molecule has 0 bridgehead atoms. The third-order valence-corrected chi connectivity index (χ3v) is 4.21. The van der Waals surface area contributed by atoms with Crippen molar-refractivity contribution < 1.29 is 5.11 Å². The number of aliphatic hydroxyl groups is 1. The fraction of sp³-hybridized carbons (Fsp3) is 0.471. The molecule has 5 heteroatoms. The number of nitrogens with zero attached hydrogens (tertiary/aromatic N) is 3. The van der Waals surface area contributed by atoms with Gasteiger partial charge in [0.25, 0.3) is 0 Å². The largest absolute Gasteiger partial charge is 0.378 e. The van der Waals surface area contributed by atoms with Gasteiger partial charge in [0.1, 0.15) is 11.4 Å². The van der Waals surface area contributed by atoms with Crippen LogP contribution < -0.4 is 0 Å². The lowest BCUT2D eigenvalue weighted by Crippen LogP contribution is -2.22. The molecule has 0 fully saturated rings. The van der Waals surface area contributed by atoms with E-state index in [1.54, 1.807) is 25.2 Å². The molecule has 1 N–H and O–H groups in total. The van der Waals surface area contributed by atoms with Crippen molar-refractivity contribution in [3.63, 3.8) is 0 Å². The lowest BCUT2D eigenvalue weighted by Gasteiger charge is -2.16. The molecule has 22 heavy (non-hydrogen) atoms. The van der Waals surface area contributed by atoms with E-state index in [1.807, 2.05) is 25.4 Å². The molecule has 0 saturated carbocycles. The average molecular weight is 317 g/mol. The van der Waals surface area contributed by atoms with E-state index in [0.717, 1.165) is 30.3 Å². The van der Waals surface area contributed by atoms with Crippen LogP contribution in [0, 0.1) is 18.8 Å². The van der Waals surface area contributed by atoms with Crippen LogP contribution in [0.25, 0.3) is 0 Å². The van der Waals surface area contributed by atoms with E-state index in [9.17, 15) is 5.11 Å². The second-order valence-corrected chi connectivity index (χ2v) is 7.15. The van der Waals surface area contributed by atoms with Crippen LogP contribution in [-0.4, -0.2) is 38.8 Å². The molecule has 2 aromatic heterocycles. The van der Waals surface area contributed by atoms with Crippen molar-refractivity contribution in [2.45, 2.75) is 39.5 Å². The highest BCUT2D eigenvalue weighted by molar-refractivity contribution is 7.12. The molecule has 2 rings (SSSR count). The standard InChI is InChI=1S/C17H23N3OS/c1-14-18-9-10-20(14)12-11-19(4)13-16-6-5-15(22-16)7-8-17(2,3)21/h5-6,9-10,21H,11-13H2,1-4H3. The SMILES string of the molecule is Cc1nccn1CCN(C)Cc1ccc(C#CC(C)(C)O)s1. The van der Waals surface area contributed by atoms with Gasteiger partial charge in [0.05, 0.1) is 4.88 Å². The first kappa shape index (κ1) is 16.8. The zero-order valence-corrected chi connectivity index (χ0v) is 14.4. The van der Waals surface area contributed by atoms with Crippen molar-refractivity contribution in [3.05, 3.63) is 40.1 Å². The van der Waals surface area contributed by atoms with Crippen LogP contribution in [0.2, 0.25) is 0 Å². The summed E-state index contributed by atoms with van der Waals surface area (Å²) < 4.78 is 2.16. The molecular weight excluding hydrogens is 294 g/mol. The Bertz CT molecular complexity index is 670. The molecule has 0 aromatic carbocycles. The van der Waals surface area contributed by atoms with Gasteiger partial charge in [-0.05, 0) is 40.0 Å². The van der Waals surface area contributed by atoms with Gasteiger partial charge >= 0.3 is 0 Å². The van der Waals surface area contributed by atoms with Crippen LogP contribution in [0.4, 0.5) is 0 Å². The summed E-state index contributed by atoms with van der Waals surface area (Å²) in [6.45, 7) is 8.23. The minimum Gasteiger partial charge on any atom is -0.378 e. The summed E-state index contributed by atoms with van der Waals surface area (Å²) in [5, 5.41) is 9.63. The Kier molecular flexibility index (Phi) is 5.41. The predicted molar refractivity (Wildman–Crippen MR) is 90.8 cm³/mol. The maximum atomic E-state index is 9.63. The van der Waals surface area contributed by atoms with Crippen LogP contribution >= 0.6 is 11.3 Å². The van der Waals surface area contributed by atoms with Crippen molar-refractivity contribution >= 4 is 11.3 Å². The molecule has 2 aromatic rings. The summed E-state index contributed by atoms with van der Waals surface area (Å²) in [6.07, 6.45) is 3.85. The smallest absolute Gasteiger partial charge is 0.120 e. The highest BCUT2D eigenvalue weighted by Gasteiger charge is 2.07. The topological polar surface area (TPSA) is 41.3 Å². The van der Waals surface area contributed by atoms with Crippen LogP contribution in [-0.2, 0) is 13.1 Å². The van der Waals surface area contributed by atoms with Crippen molar-refractivity contribution in [1.29, 1.82) is 0 Å². The molecule has 0 saturated heterocycles. The molecule has 0 atom stereocenters. The number of likely N-dealkylation sites (N-methyl/N-ethyl adjacent to an activating group) is 1.